The summed E-state index contributed by atoms with van der Waals surface area (Å²) in [6.07, 6.45) is -6.21. The molecule has 0 aliphatic carbocycles. The molecule has 0 saturated carbocycles. The lowest BCUT2D eigenvalue weighted by molar-refractivity contribution is -0.154. The SMILES string of the molecule is CC(C)(C)OC(=O)CCc1ccc(F)c(NC(=O)CCC(F)(F)F)c1.Clc1ccccc1. The molecule has 0 bridgehead atoms. The van der Waals surface area contributed by atoms with Crippen LogP contribution in [0.25, 0.3) is 0 Å². The molecule has 0 saturated heterocycles. The van der Waals surface area contributed by atoms with Crippen molar-refractivity contribution < 1.29 is 31.9 Å². The molecule has 2 aromatic rings. The molecule has 0 unspecified atom stereocenters. The third-order valence-electron chi connectivity index (χ3n) is 3.71. The zero-order chi connectivity index (χ0) is 24.4. The van der Waals surface area contributed by atoms with Gasteiger partial charge in [-0.15, -0.1) is 0 Å². The summed E-state index contributed by atoms with van der Waals surface area (Å²) < 4.78 is 55.1. The Morgan fingerprint density at radius 3 is 2.12 bits per heavy atom. The number of carbonyl (C=O) groups is 2. The van der Waals surface area contributed by atoms with E-state index in [0.717, 1.165) is 11.1 Å². The van der Waals surface area contributed by atoms with Gasteiger partial charge in [0.15, 0.2) is 0 Å². The quantitative estimate of drug-likeness (QED) is 0.372. The van der Waals surface area contributed by atoms with E-state index in [0.29, 0.717) is 5.56 Å². The van der Waals surface area contributed by atoms with E-state index in [9.17, 15) is 27.2 Å². The summed E-state index contributed by atoms with van der Waals surface area (Å²) in [4.78, 5) is 23.2. The van der Waals surface area contributed by atoms with Gasteiger partial charge >= 0.3 is 12.1 Å². The van der Waals surface area contributed by atoms with Crippen LogP contribution in [0.5, 0.6) is 0 Å². The Kier molecular flexibility index (Phi) is 10.7. The number of aryl methyl sites for hydroxylation is 1. The normalized spacial score (nSPS) is 11.2. The number of carbonyl (C=O) groups excluding carboxylic acids is 2. The van der Waals surface area contributed by atoms with E-state index in [1.165, 1.54) is 12.1 Å². The van der Waals surface area contributed by atoms with Gasteiger partial charge in [0, 0.05) is 17.9 Å². The number of rotatable bonds is 6. The van der Waals surface area contributed by atoms with Crippen LogP contribution in [-0.2, 0) is 20.7 Å². The van der Waals surface area contributed by atoms with E-state index in [1.807, 2.05) is 30.3 Å². The number of ether oxygens (including phenoxy) is 1. The highest BCUT2D eigenvalue weighted by molar-refractivity contribution is 6.30. The first-order valence-corrected chi connectivity index (χ1v) is 10.2. The molecule has 32 heavy (non-hydrogen) atoms. The van der Waals surface area contributed by atoms with Gasteiger partial charge in [0.1, 0.15) is 11.4 Å². The highest BCUT2D eigenvalue weighted by atomic mass is 35.5. The predicted octanol–water partition coefficient (Wildman–Crippen LogP) is 6.72. The van der Waals surface area contributed by atoms with Gasteiger partial charge in [0.25, 0.3) is 0 Å². The lowest BCUT2D eigenvalue weighted by Crippen LogP contribution is -2.24. The van der Waals surface area contributed by atoms with Crippen molar-refractivity contribution in [1.82, 2.24) is 0 Å². The molecule has 1 N–H and O–H groups in total. The Balaban J connectivity index is 0.000000616. The molecule has 176 valence electrons. The highest BCUT2D eigenvalue weighted by Crippen LogP contribution is 2.23. The average Bonchev–Trinajstić information content (AvgIpc) is 2.66. The van der Waals surface area contributed by atoms with Crippen molar-refractivity contribution in [2.45, 2.75) is 58.2 Å². The number of hydrogen-bond donors (Lipinski definition) is 1. The molecule has 0 fully saturated rings. The molecule has 0 aliphatic rings. The fraction of sp³-hybridized carbons (Fsp3) is 0.391. The minimum atomic E-state index is -4.45. The van der Waals surface area contributed by atoms with Gasteiger partial charge in [-0.3, -0.25) is 9.59 Å². The summed E-state index contributed by atoms with van der Waals surface area (Å²) in [6.45, 7) is 5.20. The Morgan fingerprint density at radius 2 is 1.62 bits per heavy atom. The zero-order valence-electron chi connectivity index (χ0n) is 18.1. The molecule has 0 aliphatic heterocycles. The van der Waals surface area contributed by atoms with Crippen LogP contribution in [0.3, 0.4) is 0 Å². The van der Waals surface area contributed by atoms with Crippen LogP contribution in [0, 0.1) is 5.82 Å². The van der Waals surface area contributed by atoms with Crippen molar-refractivity contribution in [2.75, 3.05) is 5.32 Å². The monoisotopic (exact) mass is 475 g/mol. The fourth-order valence-corrected chi connectivity index (χ4v) is 2.49. The second-order valence-electron chi connectivity index (χ2n) is 7.86. The van der Waals surface area contributed by atoms with Gasteiger partial charge in [-0.1, -0.05) is 35.9 Å². The van der Waals surface area contributed by atoms with Gasteiger partial charge in [-0.2, -0.15) is 13.2 Å². The first kappa shape index (κ1) is 27.4. The topological polar surface area (TPSA) is 55.4 Å². The maximum absolute atomic E-state index is 13.7. The number of alkyl halides is 3. The van der Waals surface area contributed by atoms with Crippen molar-refractivity contribution in [3.05, 3.63) is 64.9 Å². The number of benzene rings is 2. The number of esters is 1. The maximum atomic E-state index is 13.7. The van der Waals surface area contributed by atoms with E-state index in [-0.39, 0.29) is 18.5 Å². The van der Waals surface area contributed by atoms with Gasteiger partial charge in [0.2, 0.25) is 5.91 Å². The van der Waals surface area contributed by atoms with Crippen LogP contribution in [0.2, 0.25) is 5.02 Å². The first-order chi connectivity index (χ1) is 14.7. The lowest BCUT2D eigenvalue weighted by atomic mass is 10.1. The van der Waals surface area contributed by atoms with E-state index >= 15 is 0 Å². The van der Waals surface area contributed by atoms with Gasteiger partial charge in [-0.05, 0) is 57.0 Å². The second kappa shape index (κ2) is 12.4. The summed E-state index contributed by atoms with van der Waals surface area (Å²) in [7, 11) is 0. The molecule has 0 heterocycles. The first-order valence-electron chi connectivity index (χ1n) is 9.82. The summed E-state index contributed by atoms with van der Waals surface area (Å²) in [5.41, 5.74) is -0.274. The maximum Gasteiger partial charge on any atom is 0.389 e. The predicted molar refractivity (Wildman–Crippen MR) is 116 cm³/mol. The fourth-order valence-electron chi connectivity index (χ4n) is 2.35. The third-order valence-corrected chi connectivity index (χ3v) is 3.96. The summed E-state index contributed by atoms with van der Waals surface area (Å²) in [6, 6.07) is 13.3. The minimum Gasteiger partial charge on any atom is -0.460 e. The van der Waals surface area contributed by atoms with E-state index in [1.54, 1.807) is 20.8 Å². The Hall–Kier alpha value is -2.61. The van der Waals surface area contributed by atoms with Crippen LogP contribution in [-0.4, -0.2) is 23.7 Å². The van der Waals surface area contributed by atoms with Gasteiger partial charge in [-0.25, -0.2) is 4.39 Å². The molecular formula is C23H26ClF4NO3. The largest absolute Gasteiger partial charge is 0.460 e. The number of amides is 1. The van der Waals surface area contributed by atoms with Gasteiger partial charge in [0.05, 0.1) is 12.1 Å². The van der Waals surface area contributed by atoms with Crippen LogP contribution in [0.15, 0.2) is 48.5 Å². The second-order valence-corrected chi connectivity index (χ2v) is 8.30. The molecule has 2 rings (SSSR count). The molecule has 2 aromatic carbocycles. The van der Waals surface area contributed by atoms with Crippen molar-refractivity contribution in [3.8, 4) is 0 Å². The van der Waals surface area contributed by atoms with Crippen LogP contribution >= 0.6 is 11.6 Å². The standard InChI is InChI=1S/C17H21F4NO3.C6H5Cl/c1-16(2,3)25-15(24)7-5-11-4-6-12(18)13(10-11)22-14(23)8-9-17(19,20)21;7-6-4-2-1-3-5-6/h4,6,10H,5,7-9H2,1-3H3,(H,22,23);1-5H. The van der Waals surface area contributed by atoms with Crippen molar-refractivity contribution >= 4 is 29.2 Å². The smallest absolute Gasteiger partial charge is 0.389 e. The highest BCUT2D eigenvalue weighted by Gasteiger charge is 2.28. The molecule has 9 heteroatoms. The van der Waals surface area contributed by atoms with Crippen LogP contribution < -0.4 is 5.32 Å². The van der Waals surface area contributed by atoms with Crippen LogP contribution in [0.4, 0.5) is 23.2 Å². The Bertz CT molecular complexity index is 881. The Labute approximate surface area is 189 Å². The molecule has 0 radical (unpaired) electrons. The van der Waals surface area contributed by atoms with E-state index < -0.39 is 42.3 Å². The summed E-state index contributed by atoms with van der Waals surface area (Å²) in [5, 5.41) is 2.91. The van der Waals surface area contributed by atoms with E-state index in [4.69, 9.17) is 16.3 Å². The molecule has 0 atom stereocenters. The summed E-state index contributed by atoms with van der Waals surface area (Å²) in [5.74, 6) is -2.12. The number of nitrogens with one attached hydrogen (secondary N) is 1. The molecule has 1 amide bonds. The third kappa shape index (κ3) is 12.9. The molecule has 4 nitrogen and oxygen atoms in total. The molecular weight excluding hydrogens is 450 g/mol. The van der Waals surface area contributed by atoms with Crippen molar-refractivity contribution in [3.63, 3.8) is 0 Å². The number of hydrogen-bond acceptors (Lipinski definition) is 3. The van der Waals surface area contributed by atoms with Crippen molar-refractivity contribution in [1.29, 1.82) is 0 Å². The average molecular weight is 476 g/mol. The number of anilines is 1. The molecule has 0 spiro atoms. The van der Waals surface area contributed by atoms with Gasteiger partial charge < -0.3 is 10.1 Å². The number of halogens is 5. The Morgan fingerprint density at radius 1 is 1.00 bits per heavy atom. The zero-order valence-corrected chi connectivity index (χ0v) is 18.8. The minimum absolute atomic E-state index is 0.0599. The molecule has 0 aromatic heterocycles. The lowest BCUT2D eigenvalue weighted by Gasteiger charge is -2.19. The van der Waals surface area contributed by atoms with Crippen LogP contribution in [0.1, 0.15) is 45.6 Å². The van der Waals surface area contributed by atoms with E-state index in [2.05, 4.69) is 5.32 Å². The summed E-state index contributed by atoms with van der Waals surface area (Å²) >= 11 is 5.54. The van der Waals surface area contributed by atoms with Crippen molar-refractivity contribution in [2.24, 2.45) is 0 Å².